The van der Waals surface area contributed by atoms with E-state index in [-0.39, 0.29) is 11.9 Å². The van der Waals surface area contributed by atoms with Gasteiger partial charge in [0.2, 0.25) is 0 Å². The summed E-state index contributed by atoms with van der Waals surface area (Å²) in [5, 5.41) is 7.61. The molecule has 1 unspecified atom stereocenters. The topological polar surface area (TPSA) is 63.2 Å². The predicted octanol–water partition coefficient (Wildman–Crippen LogP) is 5.28. The van der Waals surface area contributed by atoms with Crippen molar-refractivity contribution in [3.8, 4) is 5.75 Å². The van der Waals surface area contributed by atoms with Crippen LogP contribution in [0.5, 0.6) is 5.75 Å². The fourth-order valence-corrected chi connectivity index (χ4v) is 4.05. The minimum Gasteiger partial charge on any atom is -0.497 e. The first-order valence-electron chi connectivity index (χ1n) is 11.8. The number of oxime groups is 1. The van der Waals surface area contributed by atoms with Gasteiger partial charge in [-0.2, -0.15) is 0 Å². The Kier molecular flexibility index (Phi) is 8.30. The van der Waals surface area contributed by atoms with Gasteiger partial charge >= 0.3 is 0 Å². The normalized spacial score (nSPS) is 16.8. The summed E-state index contributed by atoms with van der Waals surface area (Å²) in [6.07, 6.45) is 2.67. The van der Waals surface area contributed by atoms with E-state index in [0.29, 0.717) is 17.9 Å². The van der Waals surface area contributed by atoms with E-state index in [1.807, 2.05) is 85.8 Å². The number of amides is 1. The van der Waals surface area contributed by atoms with Crippen molar-refractivity contribution in [2.45, 2.75) is 25.9 Å². The third-order valence-electron chi connectivity index (χ3n) is 5.82. The van der Waals surface area contributed by atoms with Crippen molar-refractivity contribution in [2.24, 2.45) is 5.16 Å². The second-order valence-corrected chi connectivity index (χ2v) is 8.37. The third kappa shape index (κ3) is 6.16. The average Bonchev–Trinajstić information content (AvgIpc) is 2.91. The van der Waals surface area contributed by atoms with Crippen molar-refractivity contribution in [2.75, 3.05) is 25.2 Å². The van der Waals surface area contributed by atoms with E-state index in [9.17, 15) is 4.79 Å². The number of hydrogen-bond acceptors (Lipinski definition) is 5. The van der Waals surface area contributed by atoms with Crippen LogP contribution in [0.15, 0.2) is 102 Å². The van der Waals surface area contributed by atoms with Crippen LogP contribution in [0.4, 0.5) is 5.69 Å². The summed E-state index contributed by atoms with van der Waals surface area (Å²) in [6.45, 7) is 4.04. The molecule has 1 N–H and O–H groups in total. The number of nitrogens with one attached hydrogen (secondary N) is 1. The third-order valence-corrected chi connectivity index (χ3v) is 5.82. The molecule has 0 aliphatic carbocycles. The Bertz CT molecular complexity index is 1160. The van der Waals surface area contributed by atoms with Crippen LogP contribution in [-0.2, 0) is 16.2 Å². The highest BCUT2D eigenvalue weighted by Gasteiger charge is 2.43. The van der Waals surface area contributed by atoms with Crippen molar-refractivity contribution in [3.05, 3.63) is 108 Å². The lowest BCUT2D eigenvalue weighted by Gasteiger charge is -2.43. The number of rotatable bonds is 11. The van der Waals surface area contributed by atoms with Crippen LogP contribution >= 0.6 is 0 Å². The summed E-state index contributed by atoms with van der Waals surface area (Å²) in [7, 11) is 1.63. The first-order chi connectivity index (χ1) is 17.2. The zero-order chi connectivity index (χ0) is 24.5. The van der Waals surface area contributed by atoms with Crippen molar-refractivity contribution in [1.82, 2.24) is 5.32 Å². The number of allylic oxidation sites excluding steroid dienone is 1. The molecule has 1 fully saturated rings. The number of carbonyl (C=O) groups excluding carboxylic acids is 1. The molecule has 1 heterocycles. The van der Waals surface area contributed by atoms with Crippen molar-refractivity contribution in [3.63, 3.8) is 0 Å². The molecule has 0 spiro atoms. The van der Waals surface area contributed by atoms with E-state index >= 15 is 0 Å². The first-order valence-corrected chi connectivity index (χ1v) is 11.8. The van der Waals surface area contributed by atoms with Gasteiger partial charge < -0.3 is 14.9 Å². The number of anilines is 1. The maximum absolute atomic E-state index is 13.1. The quantitative estimate of drug-likeness (QED) is 0.136. The van der Waals surface area contributed by atoms with Gasteiger partial charge in [0.1, 0.15) is 12.4 Å². The predicted molar refractivity (Wildman–Crippen MR) is 140 cm³/mol. The summed E-state index contributed by atoms with van der Waals surface area (Å²) in [6, 6.07) is 27.7. The number of benzene rings is 3. The minimum absolute atomic E-state index is 0.0383. The van der Waals surface area contributed by atoms with Gasteiger partial charge in [0.05, 0.1) is 18.9 Å². The molecule has 1 amide bonds. The van der Waals surface area contributed by atoms with Gasteiger partial charge in [-0.3, -0.25) is 9.69 Å². The SMILES string of the molecule is COc1ccc(N2C(=O)C(=CC(C)=NOCCCNCc3ccccc3)C2c2ccccc2)cc1. The molecule has 180 valence electrons. The molecular formula is C29H31N3O3. The molecule has 0 saturated carbocycles. The summed E-state index contributed by atoms with van der Waals surface area (Å²) in [4.78, 5) is 20.4. The highest BCUT2D eigenvalue weighted by atomic mass is 16.6. The molecule has 6 nitrogen and oxygen atoms in total. The summed E-state index contributed by atoms with van der Waals surface area (Å²) in [5.41, 5.74) is 4.50. The smallest absolute Gasteiger partial charge is 0.257 e. The molecule has 1 atom stereocenters. The number of ether oxygens (including phenoxy) is 1. The molecular weight excluding hydrogens is 438 g/mol. The molecule has 4 rings (SSSR count). The van der Waals surface area contributed by atoms with E-state index in [0.717, 1.165) is 36.5 Å². The molecule has 0 radical (unpaired) electrons. The average molecular weight is 470 g/mol. The fraction of sp³-hybridized carbons (Fsp3) is 0.241. The Morgan fingerprint density at radius 3 is 2.37 bits per heavy atom. The van der Waals surface area contributed by atoms with Crippen molar-refractivity contribution in [1.29, 1.82) is 0 Å². The monoisotopic (exact) mass is 469 g/mol. The highest BCUT2D eigenvalue weighted by Crippen LogP contribution is 2.43. The highest BCUT2D eigenvalue weighted by molar-refractivity contribution is 6.18. The Morgan fingerprint density at radius 2 is 1.69 bits per heavy atom. The lowest BCUT2D eigenvalue weighted by atomic mass is 9.86. The maximum atomic E-state index is 13.1. The van der Waals surface area contributed by atoms with Crippen molar-refractivity contribution < 1.29 is 14.4 Å². The standard InChI is InChI=1S/C29H31N3O3/c1-22(31-35-19-9-18-30-21-23-10-5-3-6-11-23)20-27-28(24-12-7-4-8-13-24)32(29(27)33)25-14-16-26(34-2)17-15-25/h3-8,10-17,20,28,30H,9,18-19,21H2,1-2H3. The maximum Gasteiger partial charge on any atom is 0.257 e. The molecule has 0 aromatic heterocycles. The molecule has 3 aromatic carbocycles. The Morgan fingerprint density at radius 1 is 1.00 bits per heavy atom. The van der Waals surface area contributed by atoms with E-state index in [1.165, 1.54) is 5.56 Å². The molecule has 35 heavy (non-hydrogen) atoms. The summed E-state index contributed by atoms with van der Waals surface area (Å²) < 4.78 is 5.25. The van der Waals surface area contributed by atoms with Crippen LogP contribution < -0.4 is 15.0 Å². The molecule has 1 aliphatic heterocycles. The lowest BCUT2D eigenvalue weighted by Crippen LogP contribution is -2.49. The van der Waals surface area contributed by atoms with Gasteiger partial charge in [0, 0.05) is 17.8 Å². The van der Waals surface area contributed by atoms with Crippen LogP contribution in [0.2, 0.25) is 0 Å². The van der Waals surface area contributed by atoms with Gasteiger partial charge in [-0.1, -0.05) is 65.8 Å². The second-order valence-electron chi connectivity index (χ2n) is 8.37. The summed E-state index contributed by atoms with van der Waals surface area (Å²) >= 11 is 0. The number of carbonyl (C=O) groups is 1. The van der Waals surface area contributed by atoms with E-state index < -0.39 is 0 Å². The van der Waals surface area contributed by atoms with Gasteiger partial charge in [-0.05, 0) is 61.4 Å². The van der Waals surface area contributed by atoms with E-state index in [2.05, 4.69) is 22.6 Å². The molecule has 1 saturated heterocycles. The van der Waals surface area contributed by atoms with Crippen LogP contribution in [0.3, 0.4) is 0 Å². The van der Waals surface area contributed by atoms with Crippen molar-refractivity contribution >= 4 is 17.3 Å². The first kappa shape index (κ1) is 24.2. The number of nitrogens with zero attached hydrogens (tertiary/aromatic N) is 2. The fourth-order valence-electron chi connectivity index (χ4n) is 4.05. The number of hydrogen-bond donors (Lipinski definition) is 1. The molecule has 6 heteroatoms. The van der Waals surface area contributed by atoms with Crippen LogP contribution in [0.1, 0.15) is 30.5 Å². The number of β-lactam (4-membered cyclic amide) rings is 1. The van der Waals surface area contributed by atoms with Crippen LogP contribution in [-0.4, -0.2) is 31.9 Å². The number of methoxy groups -OCH3 is 1. The molecule has 0 bridgehead atoms. The lowest BCUT2D eigenvalue weighted by molar-refractivity contribution is -0.119. The summed E-state index contributed by atoms with van der Waals surface area (Å²) in [5.74, 6) is 0.716. The van der Waals surface area contributed by atoms with E-state index in [1.54, 1.807) is 12.0 Å². The Hall–Kier alpha value is -3.90. The molecule has 1 aliphatic rings. The van der Waals surface area contributed by atoms with Crippen LogP contribution in [0, 0.1) is 0 Å². The van der Waals surface area contributed by atoms with Gasteiger partial charge in [0.15, 0.2) is 0 Å². The zero-order valence-corrected chi connectivity index (χ0v) is 20.2. The largest absolute Gasteiger partial charge is 0.497 e. The minimum atomic E-state index is -0.176. The van der Waals surface area contributed by atoms with Crippen LogP contribution in [0.25, 0.3) is 0 Å². The molecule has 3 aromatic rings. The zero-order valence-electron chi connectivity index (χ0n) is 20.2. The van der Waals surface area contributed by atoms with Gasteiger partial charge in [-0.15, -0.1) is 0 Å². The Labute approximate surface area is 206 Å². The van der Waals surface area contributed by atoms with E-state index in [4.69, 9.17) is 9.57 Å². The second kappa shape index (κ2) is 12.0. The Balaban J connectivity index is 1.35. The van der Waals surface area contributed by atoms with Gasteiger partial charge in [0.25, 0.3) is 5.91 Å². The van der Waals surface area contributed by atoms with Gasteiger partial charge in [-0.25, -0.2) is 0 Å².